The van der Waals surface area contributed by atoms with E-state index in [4.69, 9.17) is 32.7 Å². The van der Waals surface area contributed by atoms with E-state index >= 15 is 0 Å². The van der Waals surface area contributed by atoms with Crippen molar-refractivity contribution in [2.24, 2.45) is 0 Å². The summed E-state index contributed by atoms with van der Waals surface area (Å²) in [4.78, 5) is 37.6. The second-order valence-electron chi connectivity index (χ2n) is 8.79. The van der Waals surface area contributed by atoms with Gasteiger partial charge in [0.2, 0.25) is 0 Å². The van der Waals surface area contributed by atoms with Gasteiger partial charge in [0.15, 0.2) is 19.0 Å². The highest BCUT2D eigenvalue weighted by molar-refractivity contribution is 9.10. The van der Waals surface area contributed by atoms with Crippen molar-refractivity contribution in [1.29, 1.82) is 0 Å². The Morgan fingerprint density at radius 2 is 1.36 bits per heavy atom. The molecule has 0 saturated heterocycles. The van der Waals surface area contributed by atoms with Gasteiger partial charge in [-0.3, -0.25) is 14.4 Å². The molecule has 5 rings (SSSR count). The predicted molar refractivity (Wildman–Crippen MR) is 132 cm³/mol. The molecule has 0 heterocycles. The Morgan fingerprint density at radius 1 is 0.889 bits per heavy atom. The fourth-order valence-corrected chi connectivity index (χ4v) is 5.78. The maximum Gasteiger partial charge on any atom is 0.258 e. The highest BCUT2D eigenvalue weighted by atomic mass is 79.9. The molecular formula is C24H21BrCl2F2N2O5. The zero-order valence-corrected chi connectivity index (χ0v) is 21.8. The third-order valence-electron chi connectivity index (χ3n) is 6.47. The second kappa shape index (κ2) is 10.5. The van der Waals surface area contributed by atoms with Crippen molar-refractivity contribution < 1.29 is 32.6 Å². The van der Waals surface area contributed by atoms with Gasteiger partial charge in [-0.2, -0.15) is 0 Å². The number of amides is 2. The van der Waals surface area contributed by atoms with E-state index in [0.29, 0.717) is 25.7 Å². The van der Waals surface area contributed by atoms with Crippen LogP contribution in [0.2, 0.25) is 10.0 Å². The summed E-state index contributed by atoms with van der Waals surface area (Å²) in [5, 5.41) is 5.54. The lowest BCUT2D eigenvalue weighted by Crippen LogP contribution is -2.74. The molecule has 3 saturated carbocycles. The van der Waals surface area contributed by atoms with Crippen LogP contribution in [-0.4, -0.2) is 46.7 Å². The fraction of sp³-hybridized carbons (Fsp3) is 0.375. The number of benzene rings is 2. The summed E-state index contributed by atoms with van der Waals surface area (Å²) >= 11 is 14.7. The Kier molecular flexibility index (Phi) is 7.78. The number of nitrogens with one attached hydrogen (secondary N) is 2. The zero-order valence-electron chi connectivity index (χ0n) is 18.7. The highest BCUT2D eigenvalue weighted by Crippen LogP contribution is 2.47. The van der Waals surface area contributed by atoms with Gasteiger partial charge in [-0.15, -0.1) is 0 Å². The Labute approximate surface area is 223 Å². The van der Waals surface area contributed by atoms with Gasteiger partial charge in [0, 0.05) is 12.1 Å². The van der Waals surface area contributed by atoms with Crippen molar-refractivity contribution in [3.8, 4) is 11.5 Å². The normalized spacial score (nSPS) is 24.8. The number of carbonyl (C=O) groups excluding carboxylic acids is 3. The van der Waals surface area contributed by atoms with Crippen molar-refractivity contribution in [3.63, 3.8) is 0 Å². The molecule has 36 heavy (non-hydrogen) atoms. The zero-order chi connectivity index (χ0) is 26.1. The lowest BCUT2D eigenvalue weighted by molar-refractivity contribution is -0.142. The van der Waals surface area contributed by atoms with Gasteiger partial charge in [0.05, 0.1) is 20.4 Å². The molecule has 0 aromatic heterocycles. The van der Waals surface area contributed by atoms with Gasteiger partial charge in [-0.05, 0) is 49.9 Å². The number of hydrogen-bond donors (Lipinski definition) is 2. The number of hydrogen-bond acceptors (Lipinski definition) is 5. The van der Waals surface area contributed by atoms with Crippen LogP contribution in [0.1, 0.15) is 25.7 Å². The van der Waals surface area contributed by atoms with E-state index in [9.17, 15) is 23.2 Å². The molecule has 2 aromatic carbocycles. The Balaban J connectivity index is 1.32. The minimum atomic E-state index is -1.09. The smallest absolute Gasteiger partial charge is 0.258 e. The monoisotopic (exact) mass is 604 g/mol. The quantitative estimate of drug-likeness (QED) is 0.436. The summed E-state index contributed by atoms with van der Waals surface area (Å²) in [5.74, 6) is -2.31. The third-order valence-corrected chi connectivity index (χ3v) is 8.38. The number of rotatable bonds is 8. The molecule has 7 nitrogen and oxygen atoms in total. The standard InChI is InChI=1S/C24H21BrCl2F2N2O5/c25-21-22(34)24(31-20(33)12-36-14-2-4-16(27)18(29)10-14)7-5-23(21,6-8-24)30-19(32)11-35-13-1-3-15(26)17(28)9-13/h1-4,9-10,21H,5-8,11-12H2,(H,30,32)(H,31,33). The predicted octanol–water partition coefficient (Wildman–Crippen LogP) is 4.36. The van der Waals surface area contributed by atoms with Crippen molar-refractivity contribution >= 4 is 56.7 Å². The first kappa shape index (κ1) is 26.6. The SMILES string of the molecule is O=C(COc1ccc(Cl)c(F)c1)NC12CCC(NC(=O)COc3ccc(Cl)c(F)c3)(CC1)C(Br)C2=O. The lowest BCUT2D eigenvalue weighted by atomic mass is 9.60. The average molecular weight is 606 g/mol. The first-order valence-electron chi connectivity index (χ1n) is 11.0. The van der Waals surface area contributed by atoms with Gasteiger partial charge in [0.1, 0.15) is 28.7 Å². The highest BCUT2D eigenvalue weighted by Gasteiger charge is 2.60. The Morgan fingerprint density at radius 3 is 1.83 bits per heavy atom. The number of Topliss-reactive ketones (excluding diaryl/α,β-unsaturated/α-hetero) is 1. The van der Waals surface area contributed by atoms with Crippen LogP contribution in [0.25, 0.3) is 0 Å². The second-order valence-corrected chi connectivity index (χ2v) is 10.5. The van der Waals surface area contributed by atoms with Gasteiger partial charge in [0.25, 0.3) is 11.8 Å². The fourth-order valence-electron chi connectivity index (χ4n) is 4.54. The molecule has 0 radical (unpaired) electrons. The maximum absolute atomic E-state index is 13.6. The van der Waals surface area contributed by atoms with E-state index in [2.05, 4.69) is 26.6 Å². The van der Waals surface area contributed by atoms with Crippen molar-refractivity contribution in [3.05, 3.63) is 58.1 Å². The molecule has 3 fully saturated rings. The van der Waals surface area contributed by atoms with Crippen LogP contribution >= 0.6 is 39.1 Å². The van der Waals surface area contributed by atoms with Crippen molar-refractivity contribution in [1.82, 2.24) is 10.6 Å². The van der Waals surface area contributed by atoms with Gasteiger partial charge in [-0.25, -0.2) is 8.78 Å². The molecule has 2 amide bonds. The van der Waals surface area contributed by atoms with Gasteiger partial charge < -0.3 is 20.1 Å². The van der Waals surface area contributed by atoms with E-state index in [1.807, 2.05) is 0 Å². The van der Waals surface area contributed by atoms with Crippen LogP contribution in [0.15, 0.2) is 36.4 Å². The Bertz CT molecular complexity index is 1210. The topological polar surface area (TPSA) is 93.7 Å². The molecule has 192 valence electrons. The summed E-state index contributed by atoms with van der Waals surface area (Å²) in [6.07, 6.45) is 1.50. The van der Waals surface area contributed by atoms with E-state index < -0.39 is 46.0 Å². The number of ketones is 1. The molecule has 0 aliphatic heterocycles. The van der Waals surface area contributed by atoms with Gasteiger partial charge in [-0.1, -0.05) is 39.1 Å². The minimum absolute atomic E-state index is 0.0586. The maximum atomic E-state index is 13.6. The number of ether oxygens (including phenoxy) is 2. The molecule has 3 aliphatic rings. The molecule has 3 aliphatic carbocycles. The number of fused-ring (bicyclic) bond motifs is 3. The summed E-state index contributed by atoms with van der Waals surface area (Å²) in [6, 6.07) is 7.66. The molecule has 2 N–H and O–H groups in total. The van der Waals surface area contributed by atoms with Crippen LogP contribution < -0.4 is 20.1 Å². The first-order chi connectivity index (χ1) is 17.0. The van der Waals surface area contributed by atoms with E-state index in [-0.39, 0.29) is 33.9 Å². The molecular weight excluding hydrogens is 585 g/mol. The number of alkyl halides is 1. The molecule has 1 unspecified atom stereocenters. The van der Waals surface area contributed by atoms with Crippen LogP contribution in [0.4, 0.5) is 8.78 Å². The van der Waals surface area contributed by atoms with Crippen LogP contribution in [0.5, 0.6) is 11.5 Å². The largest absolute Gasteiger partial charge is 0.484 e. The van der Waals surface area contributed by atoms with Gasteiger partial charge >= 0.3 is 0 Å². The molecule has 1 atom stereocenters. The van der Waals surface area contributed by atoms with E-state index in [1.54, 1.807) is 0 Å². The van der Waals surface area contributed by atoms with E-state index in [0.717, 1.165) is 12.1 Å². The van der Waals surface area contributed by atoms with Crippen LogP contribution in [-0.2, 0) is 14.4 Å². The minimum Gasteiger partial charge on any atom is -0.484 e. The Hall–Kier alpha value is -2.43. The van der Waals surface area contributed by atoms with E-state index in [1.165, 1.54) is 24.3 Å². The molecule has 2 aromatic rings. The van der Waals surface area contributed by atoms with Crippen LogP contribution in [0, 0.1) is 11.6 Å². The first-order valence-corrected chi connectivity index (χ1v) is 12.7. The number of halogens is 5. The lowest BCUT2D eigenvalue weighted by Gasteiger charge is -2.55. The summed E-state index contributed by atoms with van der Waals surface area (Å²) in [7, 11) is 0. The summed E-state index contributed by atoms with van der Waals surface area (Å²) < 4.78 is 37.8. The average Bonchev–Trinajstić information content (AvgIpc) is 2.85. The molecule has 2 bridgehead atoms. The molecule has 12 heteroatoms. The third kappa shape index (κ3) is 5.45. The van der Waals surface area contributed by atoms with Crippen LogP contribution in [0.3, 0.4) is 0 Å². The van der Waals surface area contributed by atoms with Crippen molar-refractivity contribution in [2.75, 3.05) is 13.2 Å². The summed E-state index contributed by atoms with van der Waals surface area (Å²) in [5.41, 5.74) is -1.93. The number of carbonyl (C=O) groups is 3. The molecule has 0 spiro atoms. The summed E-state index contributed by atoms with van der Waals surface area (Å²) in [6.45, 7) is -0.783. The van der Waals surface area contributed by atoms with Crippen molar-refractivity contribution in [2.45, 2.75) is 41.6 Å².